The SMILES string of the molecule is O=C(Cc1nnn(-c2ccccc2)c1-c1ccccc1)NC1CCCCCC1. The molecule has 2 aromatic carbocycles. The zero-order valence-electron chi connectivity index (χ0n) is 16.1. The number of benzene rings is 2. The molecule has 144 valence electrons. The number of carbonyl (C=O) groups is 1. The molecule has 5 nitrogen and oxygen atoms in total. The van der Waals surface area contributed by atoms with Crippen molar-refractivity contribution >= 4 is 5.91 Å². The monoisotopic (exact) mass is 374 g/mol. The minimum atomic E-state index is 0.0317. The van der Waals surface area contributed by atoms with E-state index in [-0.39, 0.29) is 12.3 Å². The lowest BCUT2D eigenvalue weighted by molar-refractivity contribution is -0.121. The summed E-state index contributed by atoms with van der Waals surface area (Å²) in [6.45, 7) is 0. The van der Waals surface area contributed by atoms with Gasteiger partial charge in [0.15, 0.2) is 0 Å². The Morgan fingerprint density at radius 1 is 0.929 bits per heavy atom. The first kappa shape index (κ1) is 18.4. The van der Waals surface area contributed by atoms with Crippen LogP contribution in [0.15, 0.2) is 60.7 Å². The summed E-state index contributed by atoms with van der Waals surface area (Å²) in [5.41, 5.74) is 3.53. The fourth-order valence-corrected chi connectivity index (χ4v) is 3.92. The van der Waals surface area contributed by atoms with E-state index in [1.165, 1.54) is 25.7 Å². The van der Waals surface area contributed by atoms with E-state index in [0.717, 1.165) is 29.8 Å². The van der Waals surface area contributed by atoms with Gasteiger partial charge in [-0.1, -0.05) is 79.4 Å². The quantitative estimate of drug-likeness (QED) is 0.677. The number of rotatable bonds is 5. The average Bonchev–Trinajstić information content (AvgIpc) is 2.97. The largest absolute Gasteiger partial charge is 0.353 e. The van der Waals surface area contributed by atoms with E-state index in [0.29, 0.717) is 11.7 Å². The minimum Gasteiger partial charge on any atom is -0.353 e. The van der Waals surface area contributed by atoms with Gasteiger partial charge in [-0.2, -0.15) is 0 Å². The van der Waals surface area contributed by atoms with Crippen molar-refractivity contribution < 1.29 is 4.79 Å². The fraction of sp³-hybridized carbons (Fsp3) is 0.348. The van der Waals surface area contributed by atoms with E-state index in [1.54, 1.807) is 0 Å². The molecule has 28 heavy (non-hydrogen) atoms. The Labute approximate surface area is 165 Å². The molecular weight excluding hydrogens is 348 g/mol. The molecule has 0 bridgehead atoms. The van der Waals surface area contributed by atoms with Crippen LogP contribution in [-0.4, -0.2) is 26.9 Å². The molecule has 0 aliphatic heterocycles. The predicted molar refractivity (Wildman–Crippen MR) is 110 cm³/mol. The van der Waals surface area contributed by atoms with Crippen LogP contribution in [0.3, 0.4) is 0 Å². The normalized spacial score (nSPS) is 15.1. The Bertz CT molecular complexity index is 897. The van der Waals surface area contributed by atoms with Crippen LogP contribution in [0, 0.1) is 0 Å². The third kappa shape index (κ3) is 4.30. The summed E-state index contributed by atoms with van der Waals surface area (Å²) in [6, 6.07) is 20.2. The maximum atomic E-state index is 12.7. The molecule has 3 aromatic rings. The highest BCUT2D eigenvalue weighted by Crippen LogP contribution is 2.25. The summed E-state index contributed by atoms with van der Waals surface area (Å²) >= 11 is 0. The number of aromatic nitrogens is 3. The first-order valence-corrected chi connectivity index (χ1v) is 10.2. The molecule has 0 unspecified atom stereocenters. The topological polar surface area (TPSA) is 59.8 Å². The maximum absolute atomic E-state index is 12.7. The molecule has 0 spiro atoms. The molecule has 1 aromatic heterocycles. The summed E-state index contributed by atoms with van der Waals surface area (Å²) in [5, 5.41) is 12.0. The lowest BCUT2D eigenvalue weighted by Crippen LogP contribution is -2.35. The molecule has 1 aliphatic rings. The van der Waals surface area contributed by atoms with E-state index in [9.17, 15) is 4.79 Å². The highest BCUT2D eigenvalue weighted by Gasteiger charge is 2.21. The third-order valence-electron chi connectivity index (χ3n) is 5.34. The molecule has 1 amide bonds. The van der Waals surface area contributed by atoms with Crippen LogP contribution in [0.25, 0.3) is 16.9 Å². The van der Waals surface area contributed by atoms with Gasteiger partial charge in [0, 0.05) is 11.6 Å². The second kappa shape index (κ2) is 8.83. The first-order chi connectivity index (χ1) is 13.8. The van der Waals surface area contributed by atoms with Crippen LogP contribution in [0.1, 0.15) is 44.2 Å². The van der Waals surface area contributed by atoms with Crippen LogP contribution < -0.4 is 5.32 Å². The Balaban J connectivity index is 1.60. The van der Waals surface area contributed by atoms with Gasteiger partial charge in [0.25, 0.3) is 0 Å². The van der Waals surface area contributed by atoms with Crippen molar-refractivity contribution in [2.45, 2.75) is 51.0 Å². The highest BCUT2D eigenvalue weighted by atomic mass is 16.1. The second-order valence-electron chi connectivity index (χ2n) is 7.43. The number of hydrogen-bond acceptors (Lipinski definition) is 3. The van der Waals surface area contributed by atoms with Gasteiger partial charge in [-0.25, -0.2) is 4.68 Å². The molecule has 1 heterocycles. The van der Waals surface area contributed by atoms with Gasteiger partial charge in [-0.3, -0.25) is 4.79 Å². The minimum absolute atomic E-state index is 0.0317. The molecule has 5 heteroatoms. The Morgan fingerprint density at radius 3 is 2.25 bits per heavy atom. The van der Waals surface area contributed by atoms with Gasteiger partial charge in [-0.15, -0.1) is 5.10 Å². The standard InChI is InChI=1S/C23H26N4O/c28-22(24-19-13-7-1-2-8-14-19)17-21-23(18-11-5-3-6-12-18)27(26-25-21)20-15-9-4-10-16-20/h3-6,9-12,15-16,19H,1-2,7-8,13-14,17H2,(H,24,28). The van der Waals surface area contributed by atoms with E-state index in [4.69, 9.17) is 0 Å². The Kier molecular flexibility index (Phi) is 5.80. The summed E-state index contributed by atoms with van der Waals surface area (Å²) in [5.74, 6) is 0.0317. The number of hydrogen-bond donors (Lipinski definition) is 1. The Hall–Kier alpha value is -2.95. The van der Waals surface area contributed by atoms with Gasteiger partial charge < -0.3 is 5.32 Å². The zero-order valence-corrected chi connectivity index (χ0v) is 16.1. The molecule has 1 saturated carbocycles. The molecule has 0 radical (unpaired) electrons. The van der Waals surface area contributed by atoms with Gasteiger partial charge in [0.1, 0.15) is 5.69 Å². The molecule has 1 aliphatic carbocycles. The smallest absolute Gasteiger partial charge is 0.226 e. The Morgan fingerprint density at radius 2 is 1.57 bits per heavy atom. The third-order valence-corrected chi connectivity index (χ3v) is 5.34. The van der Waals surface area contributed by atoms with Crippen molar-refractivity contribution in [2.24, 2.45) is 0 Å². The van der Waals surface area contributed by atoms with Crippen molar-refractivity contribution in [1.29, 1.82) is 0 Å². The molecular formula is C23H26N4O. The first-order valence-electron chi connectivity index (χ1n) is 10.2. The van der Waals surface area contributed by atoms with E-state index >= 15 is 0 Å². The van der Waals surface area contributed by atoms with Crippen LogP contribution in [-0.2, 0) is 11.2 Å². The van der Waals surface area contributed by atoms with Crippen LogP contribution in [0.5, 0.6) is 0 Å². The van der Waals surface area contributed by atoms with Crippen molar-refractivity contribution in [3.05, 3.63) is 66.4 Å². The van der Waals surface area contributed by atoms with E-state index < -0.39 is 0 Å². The van der Waals surface area contributed by atoms with Crippen molar-refractivity contribution in [3.8, 4) is 16.9 Å². The van der Waals surface area contributed by atoms with Crippen LogP contribution >= 0.6 is 0 Å². The van der Waals surface area contributed by atoms with Crippen LogP contribution in [0.4, 0.5) is 0 Å². The number of nitrogens with zero attached hydrogens (tertiary/aromatic N) is 3. The van der Waals surface area contributed by atoms with Crippen molar-refractivity contribution in [3.63, 3.8) is 0 Å². The lowest BCUT2D eigenvalue weighted by Gasteiger charge is -2.16. The predicted octanol–water partition coefficient (Wildman–Crippen LogP) is 4.32. The van der Waals surface area contributed by atoms with Crippen LogP contribution in [0.2, 0.25) is 0 Å². The summed E-state index contributed by atoms with van der Waals surface area (Å²) in [7, 11) is 0. The number of para-hydroxylation sites is 1. The van der Waals surface area contributed by atoms with Crippen molar-refractivity contribution in [2.75, 3.05) is 0 Å². The summed E-state index contributed by atoms with van der Waals surface area (Å²) in [4.78, 5) is 12.7. The maximum Gasteiger partial charge on any atom is 0.226 e. The molecule has 0 saturated heterocycles. The number of nitrogens with one attached hydrogen (secondary N) is 1. The van der Waals surface area contributed by atoms with Gasteiger partial charge in [-0.05, 0) is 25.0 Å². The van der Waals surface area contributed by atoms with E-state index in [1.807, 2.05) is 65.3 Å². The van der Waals surface area contributed by atoms with E-state index in [2.05, 4.69) is 15.6 Å². The molecule has 1 N–H and O–H groups in total. The highest BCUT2D eigenvalue weighted by molar-refractivity contribution is 5.81. The van der Waals surface area contributed by atoms with Gasteiger partial charge in [0.05, 0.1) is 17.8 Å². The second-order valence-corrected chi connectivity index (χ2v) is 7.43. The number of carbonyl (C=O) groups excluding carboxylic acids is 1. The molecule has 4 rings (SSSR count). The lowest BCUT2D eigenvalue weighted by atomic mass is 10.1. The zero-order chi connectivity index (χ0) is 19.2. The fourth-order valence-electron chi connectivity index (χ4n) is 3.92. The number of amides is 1. The average molecular weight is 374 g/mol. The summed E-state index contributed by atoms with van der Waals surface area (Å²) < 4.78 is 1.82. The summed E-state index contributed by atoms with van der Waals surface area (Å²) in [6.07, 6.45) is 7.34. The van der Waals surface area contributed by atoms with Gasteiger partial charge in [0.2, 0.25) is 5.91 Å². The van der Waals surface area contributed by atoms with Crippen molar-refractivity contribution in [1.82, 2.24) is 20.3 Å². The van der Waals surface area contributed by atoms with Gasteiger partial charge >= 0.3 is 0 Å². The molecule has 0 atom stereocenters. The molecule has 1 fully saturated rings.